The summed E-state index contributed by atoms with van der Waals surface area (Å²) in [5.74, 6) is 0. The van der Waals surface area contributed by atoms with Gasteiger partial charge in [0, 0.05) is 65.3 Å². The van der Waals surface area contributed by atoms with Crippen LogP contribution in [0.15, 0.2) is 176 Å². The van der Waals surface area contributed by atoms with Crippen LogP contribution in [-0.2, 0) is 0 Å². The number of para-hydroxylation sites is 2. The third-order valence-electron chi connectivity index (χ3n) is 9.62. The number of benzene rings is 7. The van der Waals surface area contributed by atoms with E-state index in [0.717, 1.165) is 28.3 Å². The fourth-order valence-electron chi connectivity index (χ4n) is 7.35. The lowest BCUT2D eigenvalue weighted by Gasteiger charge is -2.26. The molecule has 10 aromatic rings. The molecule has 0 aliphatic carbocycles. The normalized spacial score (nSPS) is 11.7. The molecule has 49 heavy (non-hydrogen) atoms. The predicted octanol–water partition coefficient (Wildman–Crippen LogP) is 12.8. The third-order valence-corrected chi connectivity index (χ3v) is 10.8. The molecule has 10 rings (SSSR count). The van der Waals surface area contributed by atoms with Crippen LogP contribution in [0.5, 0.6) is 0 Å². The molecule has 0 unspecified atom stereocenters. The number of hydrogen-bond donors (Lipinski definition) is 0. The number of thiophene rings is 1. The van der Waals surface area contributed by atoms with Crippen molar-refractivity contribution in [2.24, 2.45) is 0 Å². The van der Waals surface area contributed by atoms with E-state index in [1.807, 2.05) is 23.6 Å². The van der Waals surface area contributed by atoms with Crippen LogP contribution < -0.4 is 4.90 Å². The van der Waals surface area contributed by atoms with Gasteiger partial charge in [0.25, 0.3) is 0 Å². The van der Waals surface area contributed by atoms with Crippen molar-refractivity contribution < 1.29 is 0 Å². The first-order chi connectivity index (χ1) is 24.3. The number of aromatic nitrogens is 2. The minimum absolute atomic E-state index is 1.03. The zero-order valence-electron chi connectivity index (χ0n) is 26.5. The lowest BCUT2D eigenvalue weighted by Crippen LogP contribution is -2.09. The first-order valence-electron chi connectivity index (χ1n) is 16.5. The van der Waals surface area contributed by atoms with E-state index in [9.17, 15) is 0 Å². The van der Waals surface area contributed by atoms with E-state index in [1.54, 1.807) is 0 Å². The predicted molar refractivity (Wildman–Crippen MR) is 209 cm³/mol. The minimum atomic E-state index is 1.03. The Labute approximate surface area is 287 Å². The van der Waals surface area contributed by atoms with Gasteiger partial charge in [-0.2, -0.15) is 0 Å². The van der Waals surface area contributed by atoms with Gasteiger partial charge in [-0.1, -0.05) is 91.0 Å². The van der Waals surface area contributed by atoms with Crippen LogP contribution in [0.2, 0.25) is 0 Å². The van der Waals surface area contributed by atoms with Crippen molar-refractivity contribution in [1.82, 2.24) is 9.55 Å². The van der Waals surface area contributed by atoms with Crippen molar-refractivity contribution in [2.45, 2.75) is 0 Å². The molecule has 0 radical (unpaired) electrons. The van der Waals surface area contributed by atoms with E-state index in [1.165, 1.54) is 58.5 Å². The number of fused-ring (bicyclic) bond motifs is 8. The van der Waals surface area contributed by atoms with Gasteiger partial charge < -0.3 is 9.47 Å². The maximum atomic E-state index is 4.62. The number of hydrogen-bond acceptors (Lipinski definition) is 3. The minimum Gasteiger partial charge on any atom is -0.310 e. The van der Waals surface area contributed by atoms with Crippen LogP contribution in [0.4, 0.5) is 17.1 Å². The lowest BCUT2D eigenvalue weighted by molar-refractivity contribution is 1.18. The van der Waals surface area contributed by atoms with E-state index in [0.29, 0.717) is 0 Å². The SMILES string of the molecule is c1ccc(-c2ccc(N(c3ccc4c(c3)sc3c5cccnc5ccc43)c3ccc4c(c3)c3ccccc3n4-c3ccccc3)cc2)cc1. The second-order valence-corrected chi connectivity index (χ2v) is 13.5. The first-order valence-corrected chi connectivity index (χ1v) is 17.4. The van der Waals surface area contributed by atoms with Crippen LogP contribution in [-0.4, -0.2) is 9.55 Å². The maximum absolute atomic E-state index is 4.62. The smallest absolute Gasteiger partial charge is 0.0716 e. The Morgan fingerprint density at radius 2 is 1.10 bits per heavy atom. The number of rotatable bonds is 5. The summed E-state index contributed by atoms with van der Waals surface area (Å²) in [7, 11) is 0. The Morgan fingerprint density at radius 3 is 1.96 bits per heavy atom. The maximum Gasteiger partial charge on any atom is 0.0716 e. The van der Waals surface area contributed by atoms with Crippen LogP contribution >= 0.6 is 11.3 Å². The Hall–Kier alpha value is -6.23. The van der Waals surface area contributed by atoms with Crippen molar-refractivity contribution in [2.75, 3.05) is 4.90 Å². The molecule has 230 valence electrons. The molecule has 0 amide bonds. The van der Waals surface area contributed by atoms with E-state index in [4.69, 9.17) is 0 Å². The fraction of sp³-hybridized carbons (Fsp3) is 0. The summed E-state index contributed by atoms with van der Waals surface area (Å²) < 4.78 is 4.92. The standard InChI is InChI=1S/C45H29N3S/c1-3-10-30(11-4-1)31-17-19-33(20-18-31)47(35-21-23-37-38-24-25-41-39(15-9-27-46-41)45(38)49-44(37)29-35)34-22-26-43-40(28-34)36-14-7-8-16-42(36)48(43)32-12-5-2-6-13-32/h1-29H. The molecule has 7 aromatic carbocycles. The average molecular weight is 644 g/mol. The molecule has 0 aliphatic rings. The highest BCUT2D eigenvalue weighted by atomic mass is 32.1. The summed E-state index contributed by atoms with van der Waals surface area (Å²) in [6, 6.07) is 61.3. The topological polar surface area (TPSA) is 21.1 Å². The Balaban J connectivity index is 1.18. The monoisotopic (exact) mass is 643 g/mol. The van der Waals surface area contributed by atoms with Crippen molar-refractivity contribution in [3.8, 4) is 16.8 Å². The molecule has 0 saturated carbocycles. The Morgan fingerprint density at radius 1 is 0.449 bits per heavy atom. The van der Waals surface area contributed by atoms with E-state index in [2.05, 4.69) is 178 Å². The molecule has 0 fully saturated rings. The average Bonchev–Trinajstić information content (AvgIpc) is 3.71. The summed E-state index contributed by atoms with van der Waals surface area (Å²) in [5, 5.41) is 6.22. The van der Waals surface area contributed by atoms with Gasteiger partial charge in [0.15, 0.2) is 0 Å². The van der Waals surface area contributed by atoms with Gasteiger partial charge in [-0.05, 0) is 90.0 Å². The summed E-state index contributed by atoms with van der Waals surface area (Å²) in [4.78, 5) is 7.01. The zero-order chi connectivity index (χ0) is 32.3. The molecular formula is C45H29N3S. The number of nitrogens with zero attached hydrogens (tertiary/aromatic N) is 3. The van der Waals surface area contributed by atoms with Gasteiger partial charge in [-0.3, -0.25) is 4.98 Å². The second-order valence-electron chi connectivity index (χ2n) is 12.4. The summed E-state index contributed by atoms with van der Waals surface area (Å²) in [5.41, 5.74) is 10.4. The molecule has 3 nitrogen and oxygen atoms in total. The number of pyridine rings is 1. The lowest BCUT2D eigenvalue weighted by atomic mass is 10.0. The van der Waals surface area contributed by atoms with Gasteiger partial charge >= 0.3 is 0 Å². The second kappa shape index (κ2) is 11.2. The molecule has 0 aliphatic heterocycles. The van der Waals surface area contributed by atoms with E-state index >= 15 is 0 Å². The van der Waals surface area contributed by atoms with Gasteiger partial charge in [0.05, 0.1) is 16.6 Å². The van der Waals surface area contributed by atoms with E-state index in [-0.39, 0.29) is 0 Å². The molecule has 3 aromatic heterocycles. The highest BCUT2D eigenvalue weighted by Gasteiger charge is 2.19. The molecule has 0 atom stereocenters. The Kier molecular flexibility index (Phi) is 6.36. The van der Waals surface area contributed by atoms with Gasteiger partial charge in [0.1, 0.15) is 0 Å². The molecule has 0 saturated heterocycles. The molecule has 3 heterocycles. The van der Waals surface area contributed by atoms with Crippen molar-refractivity contribution in [1.29, 1.82) is 0 Å². The highest BCUT2D eigenvalue weighted by Crippen LogP contribution is 2.44. The Bertz CT molecular complexity index is 2820. The molecule has 0 bridgehead atoms. The van der Waals surface area contributed by atoms with Gasteiger partial charge in [-0.25, -0.2) is 0 Å². The quantitative estimate of drug-likeness (QED) is 0.186. The van der Waals surface area contributed by atoms with Gasteiger partial charge in [-0.15, -0.1) is 11.3 Å². The van der Waals surface area contributed by atoms with Crippen LogP contribution in [0, 0.1) is 0 Å². The van der Waals surface area contributed by atoms with Crippen LogP contribution in [0.1, 0.15) is 0 Å². The zero-order valence-corrected chi connectivity index (χ0v) is 27.3. The summed E-state index contributed by atoms with van der Waals surface area (Å²) in [6.45, 7) is 0. The van der Waals surface area contributed by atoms with Crippen molar-refractivity contribution >= 4 is 81.3 Å². The molecule has 0 spiro atoms. The molecule has 4 heteroatoms. The summed E-state index contributed by atoms with van der Waals surface area (Å²) in [6.07, 6.45) is 1.87. The fourth-order valence-corrected chi connectivity index (χ4v) is 8.61. The van der Waals surface area contributed by atoms with E-state index < -0.39 is 0 Å². The van der Waals surface area contributed by atoms with Gasteiger partial charge in [0.2, 0.25) is 0 Å². The van der Waals surface area contributed by atoms with Crippen LogP contribution in [0.3, 0.4) is 0 Å². The van der Waals surface area contributed by atoms with Crippen molar-refractivity contribution in [3.63, 3.8) is 0 Å². The largest absolute Gasteiger partial charge is 0.310 e. The van der Waals surface area contributed by atoms with Crippen LogP contribution in [0.25, 0.3) is 69.7 Å². The molecule has 0 N–H and O–H groups in total. The highest BCUT2D eigenvalue weighted by molar-refractivity contribution is 7.26. The van der Waals surface area contributed by atoms with Crippen molar-refractivity contribution in [3.05, 3.63) is 176 Å². The summed E-state index contributed by atoms with van der Waals surface area (Å²) >= 11 is 1.85. The first kappa shape index (κ1) is 27.8. The third kappa shape index (κ3) is 4.53. The number of anilines is 3. The molecular weight excluding hydrogens is 615 g/mol.